The molecule has 0 bridgehead atoms. The average molecular weight is 304 g/mol. The Kier molecular flexibility index (Phi) is 3.68. The minimum atomic E-state index is 0.213. The molecule has 2 heterocycles. The standard InChI is InChI=1S/C8H8BrClN6/c9-5-3-12-8(10)15-7(5)11-2-1-6-13-4-14-16-6/h3-4H,1-2H2,(H,11,12,15)(H,13,14,16). The number of aromatic amines is 1. The van der Waals surface area contributed by atoms with Crippen LogP contribution in [0.25, 0.3) is 0 Å². The van der Waals surface area contributed by atoms with Crippen LogP contribution in [-0.2, 0) is 6.42 Å². The topological polar surface area (TPSA) is 79.4 Å². The van der Waals surface area contributed by atoms with E-state index in [-0.39, 0.29) is 5.28 Å². The van der Waals surface area contributed by atoms with E-state index >= 15 is 0 Å². The molecule has 0 aliphatic rings. The van der Waals surface area contributed by atoms with Gasteiger partial charge in [0.2, 0.25) is 5.28 Å². The van der Waals surface area contributed by atoms with Crippen molar-refractivity contribution in [2.45, 2.75) is 6.42 Å². The summed E-state index contributed by atoms with van der Waals surface area (Å²) >= 11 is 9.01. The second kappa shape index (κ2) is 5.22. The second-order valence-electron chi connectivity index (χ2n) is 2.94. The average Bonchev–Trinajstić information content (AvgIpc) is 2.76. The highest BCUT2D eigenvalue weighted by Crippen LogP contribution is 2.19. The monoisotopic (exact) mass is 302 g/mol. The third-order valence-electron chi connectivity index (χ3n) is 1.83. The van der Waals surface area contributed by atoms with Gasteiger partial charge in [0, 0.05) is 19.2 Å². The van der Waals surface area contributed by atoms with Crippen molar-refractivity contribution in [1.29, 1.82) is 0 Å². The summed E-state index contributed by atoms with van der Waals surface area (Å²) in [7, 11) is 0. The fourth-order valence-electron chi connectivity index (χ4n) is 1.12. The predicted molar refractivity (Wildman–Crippen MR) is 63.3 cm³/mol. The van der Waals surface area contributed by atoms with Crippen molar-refractivity contribution in [2.24, 2.45) is 0 Å². The summed E-state index contributed by atoms with van der Waals surface area (Å²) < 4.78 is 0.773. The number of rotatable bonds is 4. The molecule has 0 spiro atoms. The molecule has 0 radical (unpaired) electrons. The molecule has 2 N–H and O–H groups in total. The smallest absolute Gasteiger partial charge is 0.224 e. The number of halogens is 2. The van der Waals surface area contributed by atoms with Gasteiger partial charge in [-0.3, -0.25) is 5.10 Å². The number of aromatic nitrogens is 5. The van der Waals surface area contributed by atoms with Gasteiger partial charge >= 0.3 is 0 Å². The number of hydrogen-bond donors (Lipinski definition) is 2. The Bertz CT molecular complexity index is 460. The minimum Gasteiger partial charge on any atom is -0.369 e. The van der Waals surface area contributed by atoms with Crippen molar-refractivity contribution in [3.8, 4) is 0 Å². The first kappa shape index (κ1) is 11.3. The van der Waals surface area contributed by atoms with Crippen LogP contribution < -0.4 is 5.32 Å². The molecule has 0 atom stereocenters. The lowest BCUT2D eigenvalue weighted by molar-refractivity contribution is 0.895. The Balaban J connectivity index is 1.92. The normalized spacial score (nSPS) is 10.4. The predicted octanol–water partition coefficient (Wildman–Crippen LogP) is 1.67. The van der Waals surface area contributed by atoms with E-state index in [0.29, 0.717) is 12.4 Å². The van der Waals surface area contributed by atoms with Crippen molar-refractivity contribution in [1.82, 2.24) is 25.1 Å². The van der Waals surface area contributed by atoms with Crippen LogP contribution in [0.2, 0.25) is 5.28 Å². The Morgan fingerprint density at radius 1 is 1.44 bits per heavy atom. The van der Waals surface area contributed by atoms with E-state index in [9.17, 15) is 0 Å². The van der Waals surface area contributed by atoms with E-state index < -0.39 is 0 Å². The van der Waals surface area contributed by atoms with Gasteiger partial charge in [0.15, 0.2) is 0 Å². The van der Waals surface area contributed by atoms with Gasteiger partial charge in [0.25, 0.3) is 0 Å². The van der Waals surface area contributed by atoms with E-state index in [1.165, 1.54) is 6.33 Å². The van der Waals surface area contributed by atoms with Gasteiger partial charge in [-0.25, -0.2) is 9.97 Å². The molecule has 0 saturated carbocycles. The first-order valence-electron chi connectivity index (χ1n) is 4.52. The molecular formula is C8H8BrClN6. The van der Waals surface area contributed by atoms with E-state index in [4.69, 9.17) is 11.6 Å². The number of anilines is 1. The lowest BCUT2D eigenvalue weighted by atomic mass is 10.4. The number of nitrogens with zero attached hydrogens (tertiary/aromatic N) is 4. The summed E-state index contributed by atoms with van der Waals surface area (Å²) in [6.45, 7) is 0.682. The van der Waals surface area contributed by atoms with Crippen molar-refractivity contribution in [3.05, 3.63) is 28.1 Å². The molecule has 0 aliphatic heterocycles. The van der Waals surface area contributed by atoms with Gasteiger partial charge in [0.1, 0.15) is 18.0 Å². The third-order valence-corrected chi connectivity index (χ3v) is 2.60. The van der Waals surface area contributed by atoms with Gasteiger partial charge in [0.05, 0.1) is 4.47 Å². The first-order chi connectivity index (χ1) is 7.75. The summed E-state index contributed by atoms with van der Waals surface area (Å²) in [5, 5.41) is 9.87. The largest absolute Gasteiger partial charge is 0.369 e. The molecule has 0 amide bonds. The molecule has 0 fully saturated rings. The van der Waals surface area contributed by atoms with Gasteiger partial charge < -0.3 is 5.32 Å². The van der Waals surface area contributed by atoms with Crippen LogP contribution in [0.15, 0.2) is 17.0 Å². The fourth-order valence-corrected chi connectivity index (χ4v) is 1.58. The molecule has 84 valence electrons. The zero-order chi connectivity index (χ0) is 11.4. The van der Waals surface area contributed by atoms with Crippen LogP contribution in [0, 0.1) is 0 Å². The van der Waals surface area contributed by atoms with Crippen molar-refractivity contribution < 1.29 is 0 Å². The van der Waals surface area contributed by atoms with E-state index in [0.717, 1.165) is 16.7 Å². The highest BCUT2D eigenvalue weighted by molar-refractivity contribution is 9.10. The van der Waals surface area contributed by atoms with Gasteiger partial charge in [-0.2, -0.15) is 10.1 Å². The van der Waals surface area contributed by atoms with Crippen LogP contribution in [0.5, 0.6) is 0 Å². The Morgan fingerprint density at radius 2 is 2.31 bits per heavy atom. The van der Waals surface area contributed by atoms with E-state index in [1.807, 2.05) is 0 Å². The maximum absolute atomic E-state index is 5.68. The molecule has 2 aromatic heterocycles. The molecular weight excluding hydrogens is 295 g/mol. The van der Waals surface area contributed by atoms with Gasteiger partial charge in [-0.05, 0) is 27.5 Å². The molecule has 2 aromatic rings. The molecule has 2 rings (SSSR count). The second-order valence-corrected chi connectivity index (χ2v) is 4.14. The summed E-state index contributed by atoms with van der Waals surface area (Å²) in [4.78, 5) is 11.9. The SMILES string of the molecule is Clc1ncc(Br)c(NCCc2ncn[nH]2)n1. The highest BCUT2D eigenvalue weighted by atomic mass is 79.9. The summed E-state index contributed by atoms with van der Waals surface area (Å²) in [5.74, 6) is 1.49. The number of nitrogens with one attached hydrogen (secondary N) is 2. The molecule has 6 nitrogen and oxygen atoms in total. The Labute approximate surface area is 105 Å². The van der Waals surface area contributed by atoms with E-state index in [1.54, 1.807) is 6.20 Å². The number of hydrogen-bond acceptors (Lipinski definition) is 5. The Morgan fingerprint density at radius 3 is 3.06 bits per heavy atom. The van der Waals surface area contributed by atoms with Crippen molar-refractivity contribution in [2.75, 3.05) is 11.9 Å². The van der Waals surface area contributed by atoms with Crippen LogP contribution in [0.4, 0.5) is 5.82 Å². The highest BCUT2D eigenvalue weighted by Gasteiger charge is 2.03. The minimum absolute atomic E-state index is 0.213. The lowest BCUT2D eigenvalue weighted by Crippen LogP contribution is -2.08. The van der Waals surface area contributed by atoms with Gasteiger partial charge in [-0.1, -0.05) is 0 Å². The van der Waals surface area contributed by atoms with Crippen molar-refractivity contribution in [3.63, 3.8) is 0 Å². The lowest BCUT2D eigenvalue weighted by Gasteiger charge is -2.05. The van der Waals surface area contributed by atoms with Crippen LogP contribution in [-0.4, -0.2) is 31.7 Å². The van der Waals surface area contributed by atoms with Gasteiger partial charge in [-0.15, -0.1) is 0 Å². The summed E-state index contributed by atoms with van der Waals surface area (Å²) in [5.41, 5.74) is 0. The zero-order valence-corrected chi connectivity index (χ0v) is 10.5. The fraction of sp³-hybridized carbons (Fsp3) is 0.250. The molecule has 8 heteroatoms. The molecule has 16 heavy (non-hydrogen) atoms. The molecule has 0 unspecified atom stereocenters. The Hall–Kier alpha value is -1.21. The maximum Gasteiger partial charge on any atom is 0.224 e. The summed E-state index contributed by atoms with van der Waals surface area (Å²) in [6.07, 6.45) is 3.81. The maximum atomic E-state index is 5.68. The summed E-state index contributed by atoms with van der Waals surface area (Å²) in [6, 6.07) is 0. The molecule has 0 aliphatic carbocycles. The van der Waals surface area contributed by atoms with E-state index in [2.05, 4.69) is 46.4 Å². The number of H-pyrrole nitrogens is 1. The van der Waals surface area contributed by atoms with Crippen LogP contribution >= 0.6 is 27.5 Å². The first-order valence-corrected chi connectivity index (χ1v) is 5.69. The van der Waals surface area contributed by atoms with Crippen molar-refractivity contribution >= 4 is 33.3 Å². The molecule has 0 saturated heterocycles. The third kappa shape index (κ3) is 2.89. The molecule has 0 aromatic carbocycles. The van der Waals surface area contributed by atoms with Crippen LogP contribution in [0.1, 0.15) is 5.82 Å². The zero-order valence-electron chi connectivity index (χ0n) is 8.11. The van der Waals surface area contributed by atoms with Crippen LogP contribution in [0.3, 0.4) is 0 Å². The quantitative estimate of drug-likeness (QED) is 0.840.